The Balaban J connectivity index is 2.11. The van der Waals surface area contributed by atoms with Crippen LogP contribution in [0.25, 0.3) is 0 Å². The maximum Gasteiger partial charge on any atom is 0.305 e. The lowest BCUT2D eigenvalue weighted by atomic mass is 10.1. The van der Waals surface area contributed by atoms with Crippen molar-refractivity contribution in [1.29, 1.82) is 0 Å². The second-order valence-corrected chi connectivity index (χ2v) is 6.62. The average Bonchev–Trinajstić information content (AvgIpc) is 2.82. The minimum absolute atomic E-state index is 0.0519. The molecule has 6 nitrogen and oxygen atoms in total. The third-order valence-corrected chi connectivity index (χ3v) is 4.35. The van der Waals surface area contributed by atoms with Crippen molar-refractivity contribution in [3.63, 3.8) is 0 Å². The first-order valence-corrected chi connectivity index (χ1v) is 8.15. The summed E-state index contributed by atoms with van der Waals surface area (Å²) in [7, 11) is 1.67. The van der Waals surface area contributed by atoms with Gasteiger partial charge in [-0.1, -0.05) is 28.1 Å². The monoisotopic (exact) mass is 382 g/mol. The molecule has 0 radical (unpaired) electrons. The molecule has 0 aromatic heterocycles. The predicted octanol–water partition coefficient (Wildman–Crippen LogP) is 1.73. The summed E-state index contributed by atoms with van der Waals surface area (Å²) >= 11 is 3.38. The molecule has 1 unspecified atom stereocenters. The smallest absolute Gasteiger partial charge is 0.305 e. The fraction of sp³-hybridized carbons (Fsp3) is 0.438. The molecule has 0 saturated carbocycles. The molecular weight excluding hydrogens is 364 g/mol. The summed E-state index contributed by atoms with van der Waals surface area (Å²) in [5.41, 5.74) is 0.913. The summed E-state index contributed by atoms with van der Waals surface area (Å²) in [6, 6.07) is 7.54. The zero-order valence-corrected chi connectivity index (χ0v) is 14.5. The number of amides is 2. The maximum atomic E-state index is 12.7. The highest BCUT2D eigenvalue weighted by molar-refractivity contribution is 9.10. The van der Waals surface area contributed by atoms with E-state index in [-0.39, 0.29) is 31.2 Å². The topological polar surface area (TPSA) is 77.9 Å². The third kappa shape index (κ3) is 4.79. The van der Waals surface area contributed by atoms with E-state index in [1.807, 2.05) is 24.3 Å². The lowest BCUT2D eigenvalue weighted by Gasteiger charge is -2.25. The quantitative estimate of drug-likeness (QED) is 0.812. The fourth-order valence-electron chi connectivity index (χ4n) is 2.64. The summed E-state index contributed by atoms with van der Waals surface area (Å²) in [5, 5.41) is 8.90. The van der Waals surface area contributed by atoms with Gasteiger partial charge in [0.1, 0.15) is 0 Å². The van der Waals surface area contributed by atoms with Gasteiger partial charge < -0.3 is 14.9 Å². The molecule has 23 heavy (non-hydrogen) atoms. The van der Waals surface area contributed by atoms with Crippen LogP contribution >= 0.6 is 15.9 Å². The molecule has 1 aliphatic heterocycles. The Hall–Kier alpha value is -1.89. The van der Waals surface area contributed by atoms with E-state index in [0.29, 0.717) is 13.1 Å². The number of halogens is 1. The number of rotatable bonds is 6. The standard InChI is InChI=1S/C16H19BrN2O4/c1-18-10-12(8-14(18)20)16(23)19(6-5-15(21)22)9-11-3-2-4-13(17)7-11/h2-4,7,12H,5-6,8-10H2,1H3,(H,21,22). The number of nitrogens with zero attached hydrogens (tertiary/aromatic N) is 2. The van der Waals surface area contributed by atoms with Crippen LogP contribution in [0.4, 0.5) is 0 Å². The van der Waals surface area contributed by atoms with Gasteiger partial charge in [-0.05, 0) is 17.7 Å². The Morgan fingerprint density at radius 1 is 1.43 bits per heavy atom. The van der Waals surface area contributed by atoms with E-state index < -0.39 is 11.9 Å². The number of aliphatic carboxylic acids is 1. The van der Waals surface area contributed by atoms with Crippen molar-refractivity contribution in [2.75, 3.05) is 20.1 Å². The summed E-state index contributed by atoms with van der Waals surface area (Å²) in [6.07, 6.45) is 0.0770. The van der Waals surface area contributed by atoms with Crippen LogP contribution in [-0.2, 0) is 20.9 Å². The fourth-order valence-corrected chi connectivity index (χ4v) is 3.09. The van der Waals surface area contributed by atoms with Crippen molar-refractivity contribution in [3.05, 3.63) is 34.3 Å². The molecule has 1 aromatic rings. The van der Waals surface area contributed by atoms with Crippen molar-refractivity contribution < 1.29 is 19.5 Å². The molecule has 1 atom stereocenters. The molecule has 0 spiro atoms. The number of likely N-dealkylation sites (tertiary alicyclic amines) is 1. The molecule has 1 N–H and O–H groups in total. The van der Waals surface area contributed by atoms with Gasteiger partial charge in [-0.25, -0.2) is 0 Å². The Morgan fingerprint density at radius 3 is 2.74 bits per heavy atom. The van der Waals surface area contributed by atoms with Gasteiger partial charge in [0.05, 0.1) is 12.3 Å². The highest BCUT2D eigenvalue weighted by Crippen LogP contribution is 2.21. The lowest BCUT2D eigenvalue weighted by molar-refractivity contribution is -0.140. The van der Waals surface area contributed by atoms with Crippen molar-refractivity contribution >= 4 is 33.7 Å². The van der Waals surface area contributed by atoms with Gasteiger partial charge in [-0.15, -0.1) is 0 Å². The van der Waals surface area contributed by atoms with E-state index in [2.05, 4.69) is 15.9 Å². The summed E-state index contributed by atoms with van der Waals surface area (Å²) in [4.78, 5) is 38.2. The molecule has 124 valence electrons. The van der Waals surface area contributed by atoms with Crippen LogP contribution in [0, 0.1) is 5.92 Å². The first-order chi connectivity index (χ1) is 10.9. The number of carbonyl (C=O) groups excluding carboxylic acids is 2. The van der Waals surface area contributed by atoms with Crippen LogP contribution in [0.5, 0.6) is 0 Å². The second kappa shape index (κ2) is 7.59. The van der Waals surface area contributed by atoms with E-state index in [0.717, 1.165) is 10.0 Å². The number of benzene rings is 1. The Labute approximate surface area is 143 Å². The number of carboxylic acids is 1. The second-order valence-electron chi connectivity index (χ2n) is 5.71. The van der Waals surface area contributed by atoms with Gasteiger partial charge >= 0.3 is 5.97 Å². The van der Waals surface area contributed by atoms with E-state index in [9.17, 15) is 14.4 Å². The predicted molar refractivity (Wildman–Crippen MR) is 87.6 cm³/mol. The molecule has 1 heterocycles. The Kier molecular flexibility index (Phi) is 5.76. The molecule has 1 aliphatic rings. The maximum absolute atomic E-state index is 12.7. The minimum Gasteiger partial charge on any atom is -0.481 e. The van der Waals surface area contributed by atoms with Gasteiger partial charge in [0, 0.05) is 37.6 Å². The first-order valence-electron chi connectivity index (χ1n) is 7.36. The average molecular weight is 383 g/mol. The van der Waals surface area contributed by atoms with Crippen LogP contribution in [-0.4, -0.2) is 52.8 Å². The van der Waals surface area contributed by atoms with E-state index >= 15 is 0 Å². The molecule has 7 heteroatoms. The summed E-state index contributed by atoms with van der Waals surface area (Å²) in [6.45, 7) is 0.856. The third-order valence-electron chi connectivity index (χ3n) is 3.86. The largest absolute Gasteiger partial charge is 0.481 e. The SMILES string of the molecule is CN1CC(C(=O)N(CCC(=O)O)Cc2cccc(Br)c2)CC1=O. The van der Waals surface area contributed by atoms with Crippen LogP contribution < -0.4 is 0 Å². The van der Waals surface area contributed by atoms with Crippen LogP contribution in [0.2, 0.25) is 0 Å². The minimum atomic E-state index is -0.948. The van der Waals surface area contributed by atoms with Crippen molar-refractivity contribution in [1.82, 2.24) is 9.80 Å². The van der Waals surface area contributed by atoms with Crippen molar-refractivity contribution in [2.45, 2.75) is 19.4 Å². The molecule has 1 saturated heterocycles. The Morgan fingerprint density at radius 2 is 2.17 bits per heavy atom. The zero-order chi connectivity index (χ0) is 17.0. The number of hydrogen-bond acceptors (Lipinski definition) is 3. The highest BCUT2D eigenvalue weighted by Gasteiger charge is 2.34. The molecule has 2 amide bonds. The van der Waals surface area contributed by atoms with E-state index in [1.165, 1.54) is 9.80 Å². The first kappa shape index (κ1) is 17.5. The molecular formula is C16H19BrN2O4. The van der Waals surface area contributed by atoms with Crippen LogP contribution in [0.1, 0.15) is 18.4 Å². The molecule has 2 rings (SSSR count). The van der Waals surface area contributed by atoms with Gasteiger partial charge in [0.15, 0.2) is 0 Å². The summed E-state index contributed by atoms with van der Waals surface area (Å²) in [5.74, 6) is -1.56. The number of carbonyl (C=O) groups is 3. The van der Waals surface area contributed by atoms with Gasteiger partial charge in [-0.2, -0.15) is 0 Å². The van der Waals surface area contributed by atoms with Gasteiger partial charge in [0.25, 0.3) is 0 Å². The zero-order valence-electron chi connectivity index (χ0n) is 12.9. The van der Waals surface area contributed by atoms with Crippen LogP contribution in [0.3, 0.4) is 0 Å². The van der Waals surface area contributed by atoms with Crippen LogP contribution in [0.15, 0.2) is 28.7 Å². The van der Waals surface area contributed by atoms with E-state index in [4.69, 9.17) is 5.11 Å². The Bertz CT molecular complexity index is 620. The van der Waals surface area contributed by atoms with Gasteiger partial charge in [0.2, 0.25) is 11.8 Å². The normalized spacial score (nSPS) is 17.4. The van der Waals surface area contributed by atoms with Crippen molar-refractivity contribution in [3.8, 4) is 0 Å². The highest BCUT2D eigenvalue weighted by atomic mass is 79.9. The molecule has 0 aliphatic carbocycles. The molecule has 1 fully saturated rings. The molecule has 1 aromatic carbocycles. The van der Waals surface area contributed by atoms with E-state index in [1.54, 1.807) is 7.05 Å². The lowest BCUT2D eigenvalue weighted by Crippen LogP contribution is -2.38. The number of carboxylic acid groups (broad SMARTS) is 1. The van der Waals surface area contributed by atoms with Gasteiger partial charge in [-0.3, -0.25) is 14.4 Å². The van der Waals surface area contributed by atoms with Crippen molar-refractivity contribution in [2.24, 2.45) is 5.92 Å². The summed E-state index contributed by atoms with van der Waals surface area (Å²) < 4.78 is 0.899. The molecule has 0 bridgehead atoms. The number of hydrogen-bond donors (Lipinski definition) is 1.